The number of hydrogen-bond donors (Lipinski definition) is 1. The number of hydrogen-bond acceptors (Lipinski definition) is 2. The van der Waals surface area contributed by atoms with Gasteiger partial charge in [-0.15, -0.1) is 0 Å². The van der Waals surface area contributed by atoms with E-state index in [-0.39, 0.29) is 4.90 Å². The highest BCUT2D eigenvalue weighted by Crippen LogP contribution is 2.30. The molecule has 0 atom stereocenters. The molecule has 1 saturated heterocycles. The van der Waals surface area contributed by atoms with Gasteiger partial charge in [-0.2, -0.15) is 17.5 Å². The van der Waals surface area contributed by atoms with Crippen molar-refractivity contribution < 1.29 is 26.5 Å². The highest BCUT2D eigenvalue weighted by atomic mass is 32.2. The fourth-order valence-corrected chi connectivity index (χ4v) is 4.51. The molecule has 1 aliphatic rings. The van der Waals surface area contributed by atoms with Crippen molar-refractivity contribution in [2.45, 2.75) is 17.6 Å². The van der Waals surface area contributed by atoms with Crippen LogP contribution in [0, 0.1) is 0 Å². The van der Waals surface area contributed by atoms with Gasteiger partial charge in [-0.3, -0.25) is 0 Å². The van der Waals surface area contributed by atoms with Gasteiger partial charge in [-0.05, 0) is 24.3 Å². The van der Waals surface area contributed by atoms with Crippen LogP contribution in [0.3, 0.4) is 0 Å². The van der Waals surface area contributed by atoms with Crippen LogP contribution in [0.5, 0.6) is 0 Å². The van der Waals surface area contributed by atoms with Crippen LogP contribution >= 0.6 is 0 Å². The number of benzene rings is 2. The largest absolute Gasteiger partial charge is 0.416 e. The molecule has 2 aromatic carbocycles. The van der Waals surface area contributed by atoms with Crippen LogP contribution in [0.25, 0.3) is 0 Å². The summed E-state index contributed by atoms with van der Waals surface area (Å²) in [5, 5.41) is 0. The van der Waals surface area contributed by atoms with Crippen LogP contribution in [-0.4, -0.2) is 38.9 Å². The Hall–Kier alpha value is -1.90. The SMILES string of the molecule is O=S(=O)(c1ccc(C(F)(F)F)cc1)N1CC[NH+](Cc2ccccc2)CC1. The van der Waals surface area contributed by atoms with Crippen molar-refractivity contribution in [2.24, 2.45) is 0 Å². The Labute approximate surface area is 150 Å². The van der Waals surface area contributed by atoms with Crippen LogP contribution in [0.4, 0.5) is 13.2 Å². The van der Waals surface area contributed by atoms with Gasteiger partial charge in [0, 0.05) is 5.56 Å². The number of nitrogens with zero attached hydrogens (tertiary/aromatic N) is 1. The van der Waals surface area contributed by atoms with E-state index in [0.717, 1.165) is 30.8 Å². The highest BCUT2D eigenvalue weighted by Gasteiger charge is 2.33. The minimum absolute atomic E-state index is 0.1000. The van der Waals surface area contributed by atoms with Crippen LogP contribution in [-0.2, 0) is 22.7 Å². The number of alkyl halides is 3. The van der Waals surface area contributed by atoms with Crippen molar-refractivity contribution in [3.63, 3.8) is 0 Å². The Morgan fingerprint density at radius 1 is 0.923 bits per heavy atom. The first-order valence-corrected chi connectivity index (χ1v) is 9.76. The summed E-state index contributed by atoms with van der Waals surface area (Å²) in [5.41, 5.74) is 0.343. The average Bonchev–Trinajstić information content (AvgIpc) is 2.62. The maximum atomic E-state index is 12.6. The Morgan fingerprint density at radius 3 is 2.04 bits per heavy atom. The first-order chi connectivity index (χ1) is 12.3. The predicted octanol–water partition coefficient (Wildman–Crippen LogP) is 1.79. The van der Waals surface area contributed by atoms with E-state index < -0.39 is 21.8 Å². The highest BCUT2D eigenvalue weighted by molar-refractivity contribution is 7.89. The fraction of sp³-hybridized carbons (Fsp3) is 0.333. The minimum Gasteiger partial charge on any atom is -0.329 e. The Kier molecular flexibility index (Phi) is 5.36. The summed E-state index contributed by atoms with van der Waals surface area (Å²) in [6.07, 6.45) is -4.48. The second-order valence-corrected chi connectivity index (χ2v) is 8.28. The standard InChI is InChI=1S/C18H19F3N2O2S/c19-18(20,21)16-6-8-17(9-7-16)26(24,25)23-12-10-22(11-13-23)14-15-4-2-1-3-5-15/h1-9H,10-14H2/p+1. The Morgan fingerprint density at radius 2 is 1.50 bits per heavy atom. The van der Waals surface area contributed by atoms with E-state index in [1.54, 1.807) is 0 Å². The van der Waals surface area contributed by atoms with E-state index in [1.165, 1.54) is 14.8 Å². The lowest BCUT2D eigenvalue weighted by Crippen LogP contribution is -3.13. The summed E-state index contributed by atoms with van der Waals surface area (Å²) in [6.45, 7) is 2.86. The van der Waals surface area contributed by atoms with Gasteiger partial charge in [0.15, 0.2) is 0 Å². The normalized spacial score (nSPS) is 17.3. The molecule has 26 heavy (non-hydrogen) atoms. The van der Waals surface area contributed by atoms with Crippen LogP contribution in [0.1, 0.15) is 11.1 Å². The maximum absolute atomic E-state index is 12.6. The summed E-state index contributed by atoms with van der Waals surface area (Å²) < 4.78 is 64.5. The lowest BCUT2D eigenvalue weighted by atomic mass is 10.2. The van der Waals surface area contributed by atoms with Crippen LogP contribution in [0.15, 0.2) is 59.5 Å². The van der Waals surface area contributed by atoms with Crippen molar-refractivity contribution >= 4 is 10.0 Å². The van der Waals surface area contributed by atoms with Gasteiger partial charge in [0.2, 0.25) is 10.0 Å². The second kappa shape index (κ2) is 7.38. The zero-order valence-corrected chi connectivity index (χ0v) is 14.9. The third-order valence-electron chi connectivity index (χ3n) is 4.55. The van der Waals surface area contributed by atoms with E-state index in [2.05, 4.69) is 0 Å². The summed E-state index contributed by atoms with van der Waals surface area (Å²) >= 11 is 0. The molecule has 0 saturated carbocycles. The van der Waals surface area contributed by atoms with Gasteiger partial charge in [-0.1, -0.05) is 30.3 Å². The van der Waals surface area contributed by atoms with E-state index in [1.807, 2.05) is 30.3 Å². The molecule has 2 aromatic rings. The number of sulfonamides is 1. The molecule has 0 radical (unpaired) electrons. The lowest BCUT2D eigenvalue weighted by Gasteiger charge is -2.31. The Bertz CT molecular complexity index is 829. The van der Waals surface area contributed by atoms with Gasteiger partial charge in [0.05, 0.1) is 36.6 Å². The molecular formula is C18H20F3N2O2S+. The summed E-state index contributed by atoms with van der Waals surface area (Å²) in [4.78, 5) is 1.19. The van der Waals surface area contributed by atoms with Crippen molar-refractivity contribution in [2.75, 3.05) is 26.2 Å². The van der Waals surface area contributed by atoms with Gasteiger partial charge in [0.1, 0.15) is 6.54 Å². The van der Waals surface area contributed by atoms with Gasteiger partial charge in [0.25, 0.3) is 0 Å². The first kappa shape index (κ1) is 18.9. The van der Waals surface area contributed by atoms with Gasteiger partial charge in [-0.25, -0.2) is 8.42 Å². The molecule has 0 amide bonds. The van der Waals surface area contributed by atoms with E-state index in [9.17, 15) is 21.6 Å². The maximum Gasteiger partial charge on any atom is 0.416 e. The predicted molar refractivity (Wildman–Crippen MR) is 91.0 cm³/mol. The quantitative estimate of drug-likeness (QED) is 0.872. The number of quaternary nitrogens is 1. The van der Waals surface area contributed by atoms with Gasteiger partial charge < -0.3 is 4.90 Å². The van der Waals surface area contributed by atoms with E-state index in [0.29, 0.717) is 26.2 Å². The first-order valence-electron chi connectivity index (χ1n) is 8.32. The smallest absolute Gasteiger partial charge is 0.329 e. The molecule has 1 fully saturated rings. The summed E-state index contributed by atoms with van der Waals surface area (Å²) in [5.74, 6) is 0. The van der Waals surface area contributed by atoms with Crippen molar-refractivity contribution in [1.29, 1.82) is 0 Å². The fourth-order valence-electron chi connectivity index (χ4n) is 3.07. The Balaban J connectivity index is 1.64. The lowest BCUT2D eigenvalue weighted by molar-refractivity contribution is -0.917. The number of halogens is 3. The molecule has 0 spiro atoms. The molecule has 1 heterocycles. The number of rotatable bonds is 4. The molecule has 140 valence electrons. The molecule has 1 N–H and O–H groups in total. The zero-order chi connectivity index (χ0) is 18.8. The molecule has 3 rings (SSSR count). The molecule has 1 aliphatic heterocycles. The van der Waals surface area contributed by atoms with Crippen molar-refractivity contribution in [3.05, 3.63) is 65.7 Å². The van der Waals surface area contributed by atoms with Crippen molar-refractivity contribution in [3.8, 4) is 0 Å². The molecular weight excluding hydrogens is 365 g/mol. The monoisotopic (exact) mass is 385 g/mol. The van der Waals surface area contributed by atoms with E-state index in [4.69, 9.17) is 0 Å². The zero-order valence-electron chi connectivity index (χ0n) is 14.0. The molecule has 8 heteroatoms. The number of piperazine rings is 1. The van der Waals surface area contributed by atoms with Gasteiger partial charge >= 0.3 is 6.18 Å². The van der Waals surface area contributed by atoms with Crippen LogP contribution in [0.2, 0.25) is 0 Å². The molecule has 0 bridgehead atoms. The molecule has 0 unspecified atom stereocenters. The topological polar surface area (TPSA) is 41.8 Å². The minimum atomic E-state index is -4.48. The summed E-state index contributed by atoms with van der Waals surface area (Å²) in [7, 11) is -3.77. The second-order valence-electron chi connectivity index (χ2n) is 6.34. The average molecular weight is 385 g/mol. The van der Waals surface area contributed by atoms with Crippen molar-refractivity contribution in [1.82, 2.24) is 4.31 Å². The van der Waals surface area contributed by atoms with Crippen LogP contribution < -0.4 is 4.90 Å². The molecule has 0 aromatic heterocycles. The summed E-state index contributed by atoms with van der Waals surface area (Å²) in [6, 6.07) is 13.7. The third kappa shape index (κ3) is 4.25. The number of nitrogens with one attached hydrogen (secondary N) is 1. The van der Waals surface area contributed by atoms with E-state index >= 15 is 0 Å². The molecule has 4 nitrogen and oxygen atoms in total. The molecule has 0 aliphatic carbocycles. The third-order valence-corrected chi connectivity index (χ3v) is 6.46.